The molecule has 9 heteroatoms. The monoisotopic (exact) mass is 464 g/mol. The van der Waals surface area contributed by atoms with Crippen LogP contribution < -0.4 is 10.2 Å². The van der Waals surface area contributed by atoms with Crippen LogP contribution >= 0.6 is 8.44 Å². The third kappa shape index (κ3) is 6.02. The summed E-state index contributed by atoms with van der Waals surface area (Å²) in [4.78, 5) is 0.721. The van der Waals surface area contributed by atoms with E-state index in [1.165, 1.54) is 0 Å². The number of rotatable bonds is 9. The maximum Gasteiger partial charge on any atom is 0.495 e. The molecule has 0 aromatic heterocycles. The van der Waals surface area contributed by atoms with Crippen molar-refractivity contribution in [3.63, 3.8) is 0 Å². The largest absolute Gasteiger partial charge is 0.610 e. The van der Waals surface area contributed by atoms with Crippen LogP contribution in [0.25, 0.3) is 0 Å². The number of hydrogen-bond acceptors (Lipinski definition) is 6. The third-order valence-corrected chi connectivity index (χ3v) is 7.09. The highest BCUT2D eigenvalue weighted by molar-refractivity contribution is 8.37. The van der Waals surface area contributed by atoms with Crippen LogP contribution in [-0.2, 0) is 36.2 Å². The first-order valence-electron chi connectivity index (χ1n) is 10.2. The Kier molecular flexibility index (Phi) is 8.08. The fourth-order valence-corrected chi connectivity index (χ4v) is 3.92. The first-order chi connectivity index (χ1) is 14.6. The summed E-state index contributed by atoms with van der Waals surface area (Å²) >= 11 is 0. The second kappa shape index (κ2) is 10.2. The Hall–Kier alpha value is -1.12. The minimum Gasteiger partial charge on any atom is -0.610 e. The van der Waals surface area contributed by atoms with E-state index in [0.717, 1.165) is 15.9 Å². The highest BCUT2D eigenvalue weighted by Gasteiger charge is 2.52. The average molecular weight is 464 g/mol. The molecule has 1 aliphatic heterocycles. The molecule has 3 rings (SSSR count). The van der Waals surface area contributed by atoms with Gasteiger partial charge in [0.1, 0.15) is 18.3 Å². The first kappa shape index (κ1) is 24.5. The van der Waals surface area contributed by atoms with E-state index in [4.69, 9.17) is 23.5 Å². The molecule has 1 heterocycles. The normalized spacial score (nSPS) is 18.2. The van der Waals surface area contributed by atoms with Gasteiger partial charge in [-0.05, 0) is 92.8 Å². The predicted octanol–water partition coefficient (Wildman–Crippen LogP) is 4.19. The maximum absolute atomic E-state index is 11.5. The second-order valence-corrected chi connectivity index (χ2v) is 10.6. The molecule has 0 N–H and O–H groups in total. The Morgan fingerprint density at radius 2 is 1.58 bits per heavy atom. The standard InChI is InChI=1S/C22H30BO6PS/c1-6-25-15-26-14-16-13-18(27-17-7-10-19(11-8-17)31(24)30)9-12-20(16)23-28-21(2,3)22(4,5)29-23/h7-13H,6,14-15,30H2,1-5H3. The van der Waals surface area contributed by atoms with Crippen LogP contribution in [0, 0.1) is 0 Å². The molecule has 0 aliphatic carbocycles. The Morgan fingerprint density at radius 3 is 2.16 bits per heavy atom. The molecule has 6 nitrogen and oxygen atoms in total. The first-order valence-corrected chi connectivity index (χ1v) is 12.8. The van der Waals surface area contributed by atoms with Crippen molar-refractivity contribution >= 4 is 31.8 Å². The fraction of sp³-hybridized carbons (Fsp3) is 0.455. The zero-order valence-electron chi connectivity index (χ0n) is 18.7. The van der Waals surface area contributed by atoms with E-state index in [-0.39, 0.29) is 6.79 Å². The Labute approximate surface area is 190 Å². The van der Waals surface area contributed by atoms with Crippen molar-refractivity contribution in [2.75, 3.05) is 13.4 Å². The van der Waals surface area contributed by atoms with Gasteiger partial charge >= 0.3 is 7.12 Å². The SMILES string of the molecule is CCOCOCc1cc(Oc2ccc([S+]([O-])P)cc2)ccc1B1OC(C)(C)C(C)(C)O1. The third-order valence-electron chi connectivity index (χ3n) is 5.54. The van der Waals surface area contributed by atoms with Gasteiger partial charge in [-0.1, -0.05) is 6.07 Å². The van der Waals surface area contributed by atoms with E-state index < -0.39 is 29.1 Å². The smallest absolute Gasteiger partial charge is 0.495 e. The molecule has 2 atom stereocenters. The summed E-state index contributed by atoms with van der Waals surface area (Å²) in [6, 6.07) is 12.9. The van der Waals surface area contributed by atoms with E-state index in [2.05, 4.69) is 8.44 Å². The maximum atomic E-state index is 11.5. The van der Waals surface area contributed by atoms with Crippen LogP contribution in [0.1, 0.15) is 40.2 Å². The van der Waals surface area contributed by atoms with Gasteiger partial charge in [0.25, 0.3) is 0 Å². The molecule has 2 aromatic carbocycles. The molecule has 1 fully saturated rings. The zero-order chi connectivity index (χ0) is 22.6. The van der Waals surface area contributed by atoms with Crippen molar-refractivity contribution in [3.05, 3.63) is 48.0 Å². The van der Waals surface area contributed by atoms with Crippen molar-refractivity contribution < 1.29 is 28.1 Å². The molecule has 0 bridgehead atoms. The van der Waals surface area contributed by atoms with Crippen LogP contribution in [0.15, 0.2) is 47.4 Å². The van der Waals surface area contributed by atoms with Gasteiger partial charge in [0.2, 0.25) is 0 Å². The number of hydrogen-bond donors (Lipinski definition) is 0. The molecule has 0 spiro atoms. The van der Waals surface area contributed by atoms with E-state index in [1.54, 1.807) is 24.3 Å². The van der Waals surface area contributed by atoms with Gasteiger partial charge in [-0.2, -0.15) is 0 Å². The topological polar surface area (TPSA) is 69.2 Å². The van der Waals surface area contributed by atoms with E-state index >= 15 is 0 Å². The lowest BCUT2D eigenvalue weighted by molar-refractivity contribution is -0.0570. The highest BCUT2D eigenvalue weighted by atomic mass is 32.7. The van der Waals surface area contributed by atoms with Crippen LogP contribution in [0.2, 0.25) is 0 Å². The second-order valence-electron chi connectivity index (χ2n) is 8.28. The number of ether oxygens (including phenoxy) is 3. The summed E-state index contributed by atoms with van der Waals surface area (Å²) in [5.41, 5.74) is 0.931. The zero-order valence-corrected chi connectivity index (χ0v) is 20.6. The fourth-order valence-electron chi connectivity index (χ4n) is 3.04. The lowest BCUT2D eigenvalue weighted by Crippen LogP contribution is -2.41. The molecule has 2 unspecified atom stereocenters. The van der Waals surface area contributed by atoms with Crippen LogP contribution in [0.3, 0.4) is 0 Å². The molecule has 1 aliphatic rings. The minimum atomic E-state index is -1.11. The quantitative estimate of drug-likeness (QED) is 0.182. The average Bonchev–Trinajstić information content (AvgIpc) is 2.93. The lowest BCUT2D eigenvalue weighted by Gasteiger charge is -2.32. The van der Waals surface area contributed by atoms with Gasteiger partial charge in [0.05, 0.1) is 26.3 Å². The van der Waals surface area contributed by atoms with Gasteiger partial charge in [0.15, 0.2) is 4.90 Å². The van der Waals surface area contributed by atoms with Gasteiger partial charge in [0, 0.05) is 6.61 Å². The van der Waals surface area contributed by atoms with Crippen molar-refractivity contribution in [2.45, 2.75) is 57.3 Å². The van der Waals surface area contributed by atoms with Crippen molar-refractivity contribution in [2.24, 2.45) is 0 Å². The van der Waals surface area contributed by atoms with Gasteiger partial charge < -0.3 is 28.1 Å². The molecule has 2 aromatic rings. The Bertz CT molecular complexity index is 859. The Balaban J connectivity index is 1.82. The summed E-state index contributed by atoms with van der Waals surface area (Å²) < 4.78 is 41.0. The summed E-state index contributed by atoms with van der Waals surface area (Å²) in [6.07, 6.45) is 0. The molecule has 31 heavy (non-hydrogen) atoms. The predicted molar refractivity (Wildman–Crippen MR) is 126 cm³/mol. The number of benzene rings is 2. The molecule has 1 saturated heterocycles. The molecule has 0 amide bonds. The molecule has 0 saturated carbocycles. The van der Waals surface area contributed by atoms with Crippen molar-refractivity contribution in [1.29, 1.82) is 0 Å². The van der Waals surface area contributed by atoms with Gasteiger partial charge in [-0.25, -0.2) is 0 Å². The summed E-state index contributed by atoms with van der Waals surface area (Å²) in [6.45, 7) is 11.2. The molecular formula is C22H30BO6PS. The van der Waals surface area contributed by atoms with E-state index in [0.29, 0.717) is 24.7 Å². The lowest BCUT2D eigenvalue weighted by atomic mass is 9.76. The Morgan fingerprint density at radius 1 is 0.968 bits per heavy atom. The summed E-state index contributed by atoms with van der Waals surface area (Å²) in [5, 5.41) is 0. The highest BCUT2D eigenvalue weighted by Crippen LogP contribution is 2.37. The van der Waals surface area contributed by atoms with E-state index in [1.807, 2.05) is 52.8 Å². The van der Waals surface area contributed by atoms with Crippen molar-refractivity contribution in [1.82, 2.24) is 0 Å². The van der Waals surface area contributed by atoms with Crippen LogP contribution in [0.5, 0.6) is 11.5 Å². The summed E-state index contributed by atoms with van der Waals surface area (Å²) in [5.74, 6) is 1.32. The van der Waals surface area contributed by atoms with Crippen LogP contribution in [-0.4, -0.2) is 36.3 Å². The van der Waals surface area contributed by atoms with Crippen LogP contribution in [0.4, 0.5) is 0 Å². The summed E-state index contributed by atoms with van der Waals surface area (Å²) in [7, 11) is 0.672. The van der Waals surface area contributed by atoms with E-state index in [9.17, 15) is 4.55 Å². The molecule has 168 valence electrons. The van der Waals surface area contributed by atoms with Gasteiger partial charge in [-0.3, -0.25) is 0 Å². The molecule has 0 radical (unpaired) electrons. The van der Waals surface area contributed by atoms with Gasteiger partial charge in [-0.15, -0.1) is 0 Å². The molecular weight excluding hydrogens is 434 g/mol. The van der Waals surface area contributed by atoms with Crippen molar-refractivity contribution in [3.8, 4) is 11.5 Å². The minimum absolute atomic E-state index is 0.206.